The third-order valence-electron chi connectivity index (χ3n) is 3.01. The maximum absolute atomic E-state index is 13.4. The Hall–Kier alpha value is -1.19. The van der Waals surface area contributed by atoms with Gasteiger partial charge in [-0.2, -0.15) is 0 Å². The molecule has 0 saturated carbocycles. The molecule has 0 bridgehead atoms. The molecular formula is C16H16BrFO. The molecule has 2 aromatic carbocycles. The molecule has 0 aliphatic heterocycles. The van der Waals surface area contributed by atoms with Gasteiger partial charge in [-0.3, -0.25) is 0 Å². The predicted octanol–water partition coefficient (Wildman–Crippen LogP) is 4.62. The Balaban J connectivity index is 2.32. The van der Waals surface area contributed by atoms with Gasteiger partial charge in [0.25, 0.3) is 0 Å². The minimum atomic E-state index is -0.802. The molecule has 0 aliphatic carbocycles. The zero-order chi connectivity index (χ0) is 13.8. The lowest BCUT2D eigenvalue weighted by Gasteiger charge is -2.13. The molecule has 0 amide bonds. The summed E-state index contributed by atoms with van der Waals surface area (Å²) in [7, 11) is 0. The third kappa shape index (κ3) is 3.64. The molecule has 1 nitrogen and oxygen atoms in total. The van der Waals surface area contributed by atoms with Crippen LogP contribution >= 0.6 is 15.9 Å². The Labute approximate surface area is 121 Å². The van der Waals surface area contributed by atoms with Crippen LogP contribution < -0.4 is 0 Å². The Morgan fingerprint density at radius 3 is 2.63 bits per heavy atom. The van der Waals surface area contributed by atoms with Crippen molar-refractivity contribution in [3.05, 3.63) is 69.4 Å². The largest absolute Gasteiger partial charge is 0.384 e. The summed E-state index contributed by atoms with van der Waals surface area (Å²) < 4.78 is 14.0. The monoisotopic (exact) mass is 322 g/mol. The third-order valence-corrected chi connectivity index (χ3v) is 3.46. The van der Waals surface area contributed by atoms with Crippen molar-refractivity contribution >= 4 is 15.9 Å². The van der Waals surface area contributed by atoms with Gasteiger partial charge in [0.05, 0.1) is 0 Å². The highest BCUT2D eigenvalue weighted by molar-refractivity contribution is 9.10. The number of halogens is 2. The number of hydrogen-bond acceptors (Lipinski definition) is 1. The van der Waals surface area contributed by atoms with Crippen molar-refractivity contribution < 1.29 is 9.50 Å². The number of aryl methyl sites for hydroxylation is 1. The average Bonchev–Trinajstić information content (AvgIpc) is 2.37. The summed E-state index contributed by atoms with van der Waals surface area (Å²) in [6.07, 6.45) is 1.24. The van der Waals surface area contributed by atoms with Gasteiger partial charge in [-0.25, -0.2) is 4.39 Å². The molecule has 2 rings (SSSR count). The van der Waals surface area contributed by atoms with Crippen LogP contribution in [-0.2, 0) is 6.42 Å². The van der Waals surface area contributed by atoms with Crippen LogP contribution in [0.5, 0.6) is 0 Å². The van der Waals surface area contributed by atoms with Gasteiger partial charge in [-0.05, 0) is 41.3 Å². The van der Waals surface area contributed by atoms with E-state index in [0.717, 1.165) is 18.4 Å². The fraction of sp³-hybridized carbons (Fsp3) is 0.250. The molecular weight excluding hydrogens is 307 g/mol. The van der Waals surface area contributed by atoms with Gasteiger partial charge in [-0.1, -0.05) is 53.5 Å². The highest BCUT2D eigenvalue weighted by Crippen LogP contribution is 2.26. The van der Waals surface area contributed by atoms with E-state index in [0.29, 0.717) is 10.0 Å². The van der Waals surface area contributed by atoms with E-state index in [9.17, 15) is 9.50 Å². The van der Waals surface area contributed by atoms with Crippen molar-refractivity contribution in [2.75, 3.05) is 0 Å². The van der Waals surface area contributed by atoms with E-state index in [1.165, 1.54) is 17.7 Å². The Bertz CT molecular complexity index is 548. The normalized spacial score (nSPS) is 12.4. The molecule has 100 valence electrons. The van der Waals surface area contributed by atoms with Crippen molar-refractivity contribution in [2.24, 2.45) is 0 Å². The second-order valence-electron chi connectivity index (χ2n) is 4.60. The molecule has 1 N–H and O–H groups in total. The summed E-state index contributed by atoms with van der Waals surface area (Å²) in [6.45, 7) is 2.12. The summed E-state index contributed by atoms with van der Waals surface area (Å²) in [5, 5.41) is 10.3. The lowest BCUT2D eigenvalue weighted by molar-refractivity contribution is 0.219. The molecule has 0 radical (unpaired) electrons. The standard InChI is InChI=1S/C16H16BrFO/c1-2-4-11-5-3-6-12(7-11)16(19)13-8-14(17)10-15(18)9-13/h3,5-10,16,19H,2,4H2,1H3. The van der Waals surface area contributed by atoms with E-state index in [1.807, 2.05) is 24.3 Å². The quantitative estimate of drug-likeness (QED) is 0.870. The Morgan fingerprint density at radius 2 is 1.95 bits per heavy atom. The van der Waals surface area contributed by atoms with E-state index in [1.54, 1.807) is 6.07 Å². The van der Waals surface area contributed by atoms with Crippen LogP contribution in [0.3, 0.4) is 0 Å². The summed E-state index contributed by atoms with van der Waals surface area (Å²) in [5.41, 5.74) is 2.54. The topological polar surface area (TPSA) is 20.2 Å². The Kier molecular flexibility index (Phi) is 4.72. The van der Waals surface area contributed by atoms with Gasteiger partial charge in [0, 0.05) is 4.47 Å². The highest BCUT2D eigenvalue weighted by atomic mass is 79.9. The first-order valence-electron chi connectivity index (χ1n) is 6.33. The van der Waals surface area contributed by atoms with Crippen molar-refractivity contribution in [3.8, 4) is 0 Å². The number of aliphatic hydroxyl groups is 1. The van der Waals surface area contributed by atoms with Crippen LogP contribution in [0.25, 0.3) is 0 Å². The van der Waals surface area contributed by atoms with Crippen molar-refractivity contribution in [1.82, 2.24) is 0 Å². The first kappa shape index (κ1) is 14.2. The van der Waals surface area contributed by atoms with Crippen LogP contribution in [0.4, 0.5) is 4.39 Å². The maximum atomic E-state index is 13.4. The van der Waals surface area contributed by atoms with Crippen LogP contribution in [0.15, 0.2) is 46.9 Å². The van der Waals surface area contributed by atoms with Crippen LogP contribution in [0.1, 0.15) is 36.1 Å². The fourth-order valence-electron chi connectivity index (χ4n) is 2.13. The maximum Gasteiger partial charge on any atom is 0.124 e. The molecule has 1 unspecified atom stereocenters. The lowest BCUT2D eigenvalue weighted by Crippen LogP contribution is -2.01. The first-order chi connectivity index (χ1) is 9.10. The van der Waals surface area contributed by atoms with Gasteiger partial charge in [0.2, 0.25) is 0 Å². The summed E-state index contributed by atoms with van der Waals surface area (Å²) in [6, 6.07) is 12.3. The fourth-order valence-corrected chi connectivity index (χ4v) is 2.62. The molecule has 0 aliphatic rings. The van der Waals surface area contributed by atoms with Gasteiger partial charge >= 0.3 is 0 Å². The molecule has 0 spiro atoms. The molecule has 0 aromatic heterocycles. The van der Waals surface area contributed by atoms with Crippen LogP contribution in [-0.4, -0.2) is 5.11 Å². The summed E-state index contributed by atoms with van der Waals surface area (Å²) in [4.78, 5) is 0. The number of benzene rings is 2. The molecule has 0 heterocycles. The molecule has 1 atom stereocenters. The second kappa shape index (κ2) is 6.31. The van der Waals surface area contributed by atoms with Gasteiger partial charge in [0.1, 0.15) is 11.9 Å². The molecule has 0 saturated heterocycles. The molecule has 2 aromatic rings. The number of hydrogen-bond donors (Lipinski definition) is 1. The SMILES string of the molecule is CCCc1cccc(C(O)c2cc(F)cc(Br)c2)c1. The highest BCUT2D eigenvalue weighted by Gasteiger charge is 2.12. The van der Waals surface area contributed by atoms with Crippen LogP contribution in [0, 0.1) is 5.82 Å². The molecule has 19 heavy (non-hydrogen) atoms. The number of aliphatic hydroxyl groups excluding tert-OH is 1. The van der Waals surface area contributed by atoms with E-state index >= 15 is 0 Å². The van der Waals surface area contributed by atoms with Crippen molar-refractivity contribution in [1.29, 1.82) is 0 Å². The van der Waals surface area contributed by atoms with Gasteiger partial charge < -0.3 is 5.11 Å². The van der Waals surface area contributed by atoms with Gasteiger partial charge in [0.15, 0.2) is 0 Å². The minimum Gasteiger partial charge on any atom is -0.384 e. The summed E-state index contributed by atoms with van der Waals surface area (Å²) in [5.74, 6) is -0.354. The van der Waals surface area contributed by atoms with Crippen molar-refractivity contribution in [3.63, 3.8) is 0 Å². The van der Waals surface area contributed by atoms with Crippen LogP contribution in [0.2, 0.25) is 0 Å². The van der Waals surface area contributed by atoms with E-state index in [4.69, 9.17) is 0 Å². The van der Waals surface area contributed by atoms with Gasteiger partial charge in [-0.15, -0.1) is 0 Å². The lowest BCUT2D eigenvalue weighted by atomic mass is 9.98. The first-order valence-corrected chi connectivity index (χ1v) is 7.12. The second-order valence-corrected chi connectivity index (χ2v) is 5.52. The number of rotatable bonds is 4. The Morgan fingerprint density at radius 1 is 1.16 bits per heavy atom. The average molecular weight is 323 g/mol. The molecule has 0 fully saturated rings. The van der Waals surface area contributed by atoms with E-state index in [-0.39, 0.29) is 5.82 Å². The van der Waals surface area contributed by atoms with Crippen molar-refractivity contribution in [2.45, 2.75) is 25.9 Å². The minimum absolute atomic E-state index is 0.354. The van der Waals surface area contributed by atoms with E-state index in [2.05, 4.69) is 22.9 Å². The zero-order valence-corrected chi connectivity index (χ0v) is 12.3. The molecule has 3 heteroatoms. The van der Waals surface area contributed by atoms with E-state index < -0.39 is 6.10 Å². The zero-order valence-electron chi connectivity index (χ0n) is 10.7. The predicted molar refractivity (Wildman–Crippen MR) is 78.6 cm³/mol. The smallest absolute Gasteiger partial charge is 0.124 e. The summed E-state index contributed by atoms with van der Waals surface area (Å²) >= 11 is 3.24.